The second kappa shape index (κ2) is 4.34. The number of hydrogen-bond acceptors (Lipinski definition) is 4. The van der Waals surface area contributed by atoms with Gasteiger partial charge in [-0.1, -0.05) is 18.3 Å². The quantitative estimate of drug-likeness (QED) is 0.545. The highest BCUT2D eigenvalue weighted by Crippen LogP contribution is 2.58. The van der Waals surface area contributed by atoms with Gasteiger partial charge in [0.05, 0.1) is 6.04 Å². The maximum absolute atomic E-state index is 11.9. The van der Waals surface area contributed by atoms with Gasteiger partial charge in [-0.25, -0.2) is 4.79 Å². The molecular weight excluding hydrogens is 294 g/mol. The highest BCUT2D eigenvalue weighted by Gasteiger charge is 2.66. The zero-order valence-corrected chi connectivity index (χ0v) is 12.9. The molecular formula is C18H15NO2S. The van der Waals surface area contributed by atoms with Crippen LogP contribution in [0.15, 0.2) is 39.6 Å². The van der Waals surface area contributed by atoms with Crippen molar-refractivity contribution in [3.63, 3.8) is 0 Å². The molecule has 1 aliphatic carbocycles. The van der Waals surface area contributed by atoms with E-state index in [9.17, 15) is 4.79 Å². The second-order valence-electron chi connectivity index (χ2n) is 6.31. The summed E-state index contributed by atoms with van der Waals surface area (Å²) in [4.78, 5) is 14.4. The fourth-order valence-electron chi connectivity index (χ4n) is 4.34. The van der Waals surface area contributed by atoms with E-state index < -0.39 is 5.60 Å². The standard InChI is InChI=1S/C18H15NO2S/c20-17-9-14-13(5-4-12-6-8-22-11-12)15-10-19-7-2-1-3-16(19)18(14,15)21-17/h6,8-9,11,16H,1-3,7,10H2/t16?,18-/m1/s1. The molecule has 3 nitrogen and oxygen atoms in total. The van der Waals surface area contributed by atoms with Gasteiger partial charge in [-0.2, -0.15) is 11.3 Å². The van der Waals surface area contributed by atoms with Crippen LogP contribution in [0, 0.1) is 11.8 Å². The summed E-state index contributed by atoms with van der Waals surface area (Å²) in [5.74, 6) is 6.32. The average molecular weight is 309 g/mol. The first kappa shape index (κ1) is 12.7. The Kier molecular flexibility index (Phi) is 2.51. The Labute approximate surface area is 133 Å². The maximum atomic E-state index is 11.9. The summed E-state index contributed by atoms with van der Waals surface area (Å²) >= 11 is 1.65. The predicted molar refractivity (Wildman–Crippen MR) is 84.3 cm³/mol. The van der Waals surface area contributed by atoms with Crippen molar-refractivity contribution in [3.05, 3.63) is 45.2 Å². The van der Waals surface area contributed by atoms with E-state index in [-0.39, 0.29) is 5.97 Å². The van der Waals surface area contributed by atoms with Crippen molar-refractivity contribution in [2.45, 2.75) is 30.9 Å². The van der Waals surface area contributed by atoms with E-state index in [1.807, 2.05) is 16.8 Å². The van der Waals surface area contributed by atoms with Gasteiger partial charge in [-0.05, 0) is 30.8 Å². The van der Waals surface area contributed by atoms with Crippen LogP contribution in [0.2, 0.25) is 0 Å². The van der Waals surface area contributed by atoms with Crippen molar-refractivity contribution in [2.75, 3.05) is 13.1 Å². The summed E-state index contributed by atoms with van der Waals surface area (Å²) in [5.41, 5.74) is 3.91. The molecule has 3 aliphatic heterocycles. The molecule has 1 aromatic rings. The lowest BCUT2D eigenvalue weighted by atomic mass is 9.67. The molecule has 22 heavy (non-hydrogen) atoms. The molecule has 1 aromatic heterocycles. The monoisotopic (exact) mass is 309 g/mol. The van der Waals surface area contributed by atoms with Crippen LogP contribution in [0.1, 0.15) is 24.8 Å². The normalized spacial score (nSPS) is 32.3. The molecule has 0 saturated carbocycles. The van der Waals surface area contributed by atoms with Gasteiger partial charge < -0.3 is 4.74 Å². The Hall–Kier alpha value is -1.83. The second-order valence-corrected chi connectivity index (χ2v) is 7.09. The molecule has 4 aliphatic rings. The number of thiophene rings is 1. The summed E-state index contributed by atoms with van der Waals surface area (Å²) < 4.78 is 5.81. The first-order chi connectivity index (χ1) is 10.8. The zero-order chi connectivity index (χ0) is 14.7. The number of fused-ring (bicyclic) bond motifs is 1. The van der Waals surface area contributed by atoms with Crippen LogP contribution >= 0.6 is 11.3 Å². The first-order valence-corrected chi connectivity index (χ1v) is 8.71. The number of rotatable bonds is 0. The summed E-state index contributed by atoms with van der Waals surface area (Å²) in [6.45, 7) is 2.01. The van der Waals surface area contributed by atoms with E-state index in [0.29, 0.717) is 6.04 Å². The van der Waals surface area contributed by atoms with E-state index in [1.54, 1.807) is 17.4 Å². The Morgan fingerprint density at radius 2 is 2.32 bits per heavy atom. The van der Waals surface area contributed by atoms with Crippen LogP contribution in [0.25, 0.3) is 0 Å². The molecule has 110 valence electrons. The van der Waals surface area contributed by atoms with Crippen LogP contribution in [-0.2, 0) is 9.53 Å². The van der Waals surface area contributed by atoms with Crippen molar-refractivity contribution in [1.29, 1.82) is 0 Å². The van der Waals surface area contributed by atoms with Crippen LogP contribution in [-0.4, -0.2) is 35.6 Å². The largest absolute Gasteiger partial charge is 0.445 e. The van der Waals surface area contributed by atoms with Crippen molar-refractivity contribution >= 4 is 17.3 Å². The van der Waals surface area contributed by atoms with Crippen LogP contribution in [0.4, 0.5) is 0 Å². The first-order valence-electron chi connectivity index (χ1n) is 7.76. The van der Waals surface area contributed by atoms with Crippen molar-refractivity contribution < 1.29 is 9.53 Å². The van der Waals surface area contributed by atoms with Gasteiger partial charge in [0.1, 0.15) is 0 Å². The van der Waals surface area contributed by atoms with E-state index in [0.717, 1.165) is 36.2 Å². The van der Waals surface area contributed by atoms with Gasteiger partial charge in [-0.3, -0.25) is 4.90 Å². The molecule has 2 atom stereocenters. The van der Waals surface area contributed by atoms with E-state index in [2.05, 4.69) is 16.7 Å². The third-order valence-corrected chi connectivity index (χ3v) is 5.92. The molecule has 1 spiro atoms. The number of piperidine rings is 1. The average Bonchev–Trinajstić information content (AvgIpc) is 3.20. The smallest absolute Gasteiger partial charge is 0.332 e. The van der Waals surface area contributed by atoms with E-state index in [1.165, 1.54) is 18.4 Å². The van der Waals surface area contributed by atoms with Gasteiger partial charge >= 0.3 is 5.97 Å². The summed E-state index contributed by atoms with van der Waals surface area (Å²) in [7, 11) is 0. The van der Waals surface area contributed by atoms with Gasteiger partial charge in [0, 0.05) is 40.3 Å². The molecule has 4 heteroatoms. The number of ether oxygens (including phenoxy) is 1. The summed E-state index contributed by atoms with van der Waals surface area (Å²) in [6.07, 6.45) is 5.23. The zero-order valence-electron chi connectivity index (χ0n) is 12.1. The minimum atomic E-state index is -0.448. The number of carbonyl (C=O) groups is 1. The van der Waals surface area contributed by atoms with Crippen molar-refractivity contribution in [2.24, 2.45) is 0 Å². The molecule has 0 radical (unpaired) electrons. The topological polar surface area (TPSA) is 29.5 Å². The van der Waals surface area contributed by atoms with E-state index >= 15 is 0 Å². The van der Waals surface area contributed by atoms with Crippen molar-refractivity contribution in [3.8, 4) is 11.8 Å². The molecule has 2 saturated heterocycles. The molecule has 4 heterocycles. The molecule has 0 aromatic carbocycles. The van der Waals surface area contributed by atoms with Gasteiger partial charge in [0.15, 0.2) is 5.60 Å². The van der Waals surface area contributed by atoms with Gasteiger partial charge in [-0.15, -0.1) is 0 Å². The SMILES string of the molecule is O=C1C=C2C(C#Cc3ccsc3)=C3CN4CCCCC4[C@@]23O1. The number of hydrogen-bond donors (Lipinski definition) is 0. The molecule has 5 rings (SSSR count). The number of esters is 1. The maximum Gasteiger partial charge on any atom is 0.332 e. The highest BCUT2D eigenvalue weighted by atomic mass is 32.1. The molecule has 0 amide bonds. The third kappa shape index (κ3) is 1.48. The predicted octanol–water partition coefficient (Wildman–Crippen LogP) is 2.50. The molecule has 0 N–H and O–H groups in total. The highest BCUT2D eigenvalue weighted by molar-refractivity contribution is 7.08. The van der Waals surface area contributed by atoms with Gasteiger partial charge in [0.2, 0.25) is 0 Å². The van der Waals surface area contributed by atoms with Crippen LogP contribution in [0.3, 0.4) is 0 Å². The van der Waals surface area contributed by atoms with Crippen LogP contribution < -0.4 is 0 Å². The lowest BCUT2D eigenvalue weighted by molar-refractivity contribution is -0.146. The Balaban J connectivity index is 1.60. The number of carbonyl (C=O) groups excluding carboxylic acids is 1. The minimum Gasteiger partial charge on any atom is -0.445 e. The fraction of sp³-hybridized carbons (Fsp3) is 0.389. The molecule has 2 fully saturated rings. The summed E-state index contributed by atoms with van der Waals surface area (Å²) in [5, 5.41) is 4.08. The third-order valence-electron chi connectivity index (χ3n) is 5.24. The number of nitrogens with zero attached hydrogens (tertiary/aromatic N) is 1. The van der Waals surface area contributed by atoms with E-state index in [4.69, 9.17) is 4.74 Å². The lowest BCUT2D eigenvalue weighted by Gasteiger charge is -2.43. The molecule has 0 bridgehead atoms. The summed E-state index contributed by atoms with van der Waals surface area (Å²) in [6, 6.07) is 2.36. The Morgan fingerprint density at radius 1 is 1.36 bits per heavy atom. The van der Waals surface area contributed by atoms with Crippen LogP contribution in [0.5, 0.6) is 0 Å². The lowest BCUT2D eigenvalue weighted by Crippen LogP contribution is -2.52. The Bertz CT molecular complexity index is 793. The van der Waals surface area contributed by atoms with Crippen molar-refractivity contribution in [1.82, 2.24) is 4.90 Å². The fourth-order valence-corrected chi connectivity index (χ4v) is 4.93. The minimum absolute atomic E-state index is 0.202. The van der Waals surface area contributed by atoms with Gasteiger partial charge in [0.25, 0.3) is 0 Å². The molecule has 1 unspecified atom stereocenters. The Morgan fingerprint density at radius 3 is 3.18 bits per heavy atom.